The van der Waals surface area contributed by atoms with Gasteiger partial charge in [0.15, 0.2) is 5.66 Å². The summed E-state index contributed by atoms with van der Waals surface area (Å²) in [5.74, 6) is 0. The largest absolute Gasteiger partial charge is 0.511 e. The lowest BCUT2D eigenvalue weighted by molar-refractivity contribution is -0.0800. The summed E-state index contributed by atoms with van der Waals surface area (Å²) in [6.45, 7) is 3.99. The molecule has 1 aromatic carbocycles. The standard InChI is InChI=1S/C16H27NO6P/c1-3-23-24(21)12(2)9-14(18)16(20)15(19)10-17-22-11-13-7-5-4-6-8-13/h4-8,12,14-20H,3,9-11H2,1-2H3/q+1/t12?,14-,15+,16-/m1/s1. The number of aliphatic hydroxyl groups excluding tert-OH is 3. The third-order valence-electron chi connectivity index (χ3n) is 3.46. The van der Waals surface area contributed by atoms with Gasteiger partial charge in [0, 0.05) is 13.0 Å². The van der Waals surface area contributed by atoms with Crippen molar-refractivity contribution in [2.75, 3.05) is 13.2 Å². The molecule has 24 heavy (non-hydrogen) atoms. The first-order chi connectivity index (χ1) is 11.5. The van der Waals surface area contributed by atoms with Crippen molar-refractivity contribution in [1.82, 2.24) is 5.48 Å². The van der Waals surface area contributed by atoms with Crippen LogP contribution in [0.3, 0.4) is 0 Å². The Labute approximate surface area is 143 Å². The Morgan fingerprint density at radius 1 is 1.17 bits per heavy atom. The average molecular weight is 360 g/mol. The van der Waals surface area contributed by atoms with Crippen LogP contribution in [0.5, 0.6) is 0 Å². The molecule has 0 radical (unpaired) electrons. The minimum atomic E-state index is -1.90. The van der Waals surface area contributed by atoms with Crippen LogP contribution in [0.15, 0.2) is 30.3 Å². The highest BCUT2D eigenvalue weighted by Gasteiger charge is 2.34. The number of nitrogens with one attached hydrogen (secondary N) is 1. The molecule has 7 nitrogen and oxygen atoms in total. The zero-order valence-electron chi connectivity index (χ0n) is 14.0. The molecule has 0 aliphatic heterocycles. The molecule has 0 saturated heterocycles. The Balaban J connectivity index is 2.27. The van der Waals surface area contributed by atoms with Crippen LogP contribution in [0, 0.1) is 0 Å². The molecule has 0 saturated carbocycles. The zero-order chi connectivity index (χ0) is 17.9. The molecular weight excluding hydrogens is 333 g/mol. The SMILES string of the molecule is CCO[P+](=O)C(C)C[C@@H](O)[C@@H](O)[C@@H](O)CNOCc1ccccc1. The van der Waals surface area contributed by atoms with Gasteiger partial charge in [-0.05, 0) is 24.0 Å². The molecule has 0 aromatic heterocycles. The van der Waals surface area contributed by atoms with Crippen LogP contribution >= 0.6 is 8.03 Å². The van der Waals surface area contributed by atoms with E-state index in [-0.39, 0.29) is 13.0 Å². The lowest BCUT2D eigenvalue weighted by Gasteiger charge is -2.23. The van der Waals surface area contributed by atoms with Gasteiger partial charge in [0.25, 0.3) is 0 Å². The van der Waals surface area contributed by atoms with Crippen LogP contribution in [-0.4, -0.2) is 52.4 Å². The third-order valence-corrected chi connectivity index (χ3v) is 4.91. The maximum atomic E-state index is 11.7. The Bertz CT molecular complexity index is 475. The highest BCUT2D eigenvalue weighted by Crippen LogP contribution is 2.32. The van der Waals surface area contributed by atoms with Gasteiger partial charge in [-0.3, -0.25) is 4.84 Å². The van der Waals surface area contributed by atoms with Gasteiger partial charge in [-0.25, -0.2) is 0 Å². The molecular formula is C16H27NO6P+. The Kier molecular flexibility index (Phi) is 10.2. The lowest BCUT2D eigenvalue weighted by atomic mass is 10.0. The summed E-state index contributed by atoms with van der Waals surface area (Å²) >= 11 is 0. The molecule has 1 rings (SSSR count). The second-order valence-corrected chi connectivity index (χ2v) is 7.25. The number of benzene rings is 1. The molecule has 0 aliphatic rings. The first kappa shape index (κ1) is 21.1. The molecule has 0 amide bonds. The number of aliphatic hydroxyl groups is 3. The predicted molar refractivity (Wildman–Crippen MR) is 90.6 cm³/mol. The highest BCUT2D eigenvalue weighted by molar-refractivity contribution is 7.40. The Morgan fingerprint density at radius 2 is 1.83 bits per heavy atom. The molecule has 4 N–H and O–H groups in total. The third kappa shape index (κ3) is 7.77. The van der Waals surface area contributed by atoms with E-state index in [9.17, 15) is 19.9 Å². The van der Waals surface area contributed by atoms with E-state index in [0.717, 1.165) is 5.56 Å². The maximum absolute atomic E-state index is 11.7. The molecule has 0 heterocycles. The first-order valence-electron chi connectivity index (χ1n) is 7.97. The Morgan fingerprint density at radius 3 is 2.46 bits per heavy atom. The van der Waals surface area contributed by atoms with E-state index < -0.39 is 32.0 Å². The summed E-state index contributed by atoms with van der Waals surface area (Å²) in [5.41, 5.74) is 3.11. The van der Waals surface area contributed by atoms with Gasteiger partial charge in [-0.1, -0.05) is 30.3 Å². The van der Waals surface area contributed by atoms with Gasteiger partial charge in [0.2, 0.25) is 0 Å². The van der Waals surface area contributed by atoms with Gasteiger partial charge in [0.05, 0.1) is 25.4 Å². The molecule has 8 heteroatoms. The van der Waals surface area contributed by atoms with E-state index in [2.05, 4.69) is 5.48 Å². The van der Waals surface area contributed by atoms with Gasteiger partial charge in [-0.15, -0.1) is 4.52 Å². The quantitative estimate of drug-likeness (QED) is 0.253. The van der Waals surface area contributed by atoms with Crippen molar-refractivity contribution in [3.8, 4) is 0 Å². The lowest BCUT2D eigenvalue weighted by Crippen LogP contribution is -2.44. The number of rotatable bonds is 12. The molecule has 0 bridgehead atoms. The normalized spacial score (nSPS) is 17.1. The molecule has 5 atom stereocenters. The van der Waals surface area contributed by atoms with Gasteiger partial charge >= 0.3 is 8.03 Å². The number of hydrogen-bond acceptors (Lipinski definition) is 7. The van der Waals surface area contributed by atoms with Gasteiger partial charge < -0.3 is 15.3 Å². The van der Waals surface area contributed by atoms with E-state index in [0.29, 0.717) is 13.2 Å². The fraction of sp³-hybridized carbons (Fsp3) is 0.625. The summed E-state index contributed by atoms with van der Waals surface area (Å²) in [6.07, 6.45) is -3.72. The number of hydrogen-bond donors (Lipinski definition) is 4. The van der Waals surface area contributed by atoms with Crippen LogP contribution in [-0.2, 0) is 20.5 Å². The van der Waals surface area contributed by atoms with Crippen molar-refractivity contribution < 1.29 is 29.2 Å². The second kappa shape index (κ2) is 11.6. The molecule has 2 unspecified atom stereocenters. The van der Waals surface area contributed by atoms with E-state index in [1.807, 2.05) is 30.3 Å². The molecule has 1 aromatic rings. The Hall–Kier alpha value is -0.920. The molecule has 0 aliphatic carbocycles. The van der Waals surface area contributed by atoms with Crippen molar-refractivity contribution in [3.63, 3.8) is 0 Å². The van der Waals surface area contributed by atoms with Crippen molar-refractivity contribution in [3.05, 3.63) is 35.9 Å². The monoisotopic (exact) mass is 360 g/mol. The minimum Gasteiger partial charge on any atom is -0.390 e. The van der Waals surface area contributed by atoms with Crippen LogP contribution in [0.1, 0.15) is 25.8 Å². The van der Waals surface area contributed by atoms with E-state index in [1.54, 1.807) is 13.8 Å². The van der Waals surface area contributed by atoms with Crippen LogP contribution in [0.25, 0.3) is 0 Å². The van der Waals surface area contributed by atoms with Crippen molar-refractivity contribution in [2.45, 2.75) is 50.8 Å². The van der Waals surface area contributed by atoms with E-state index >= 15 is 0 Å². The molecule has 0 spiro atoms. The smallest absolute Gasteiger partial charge is 0.390 e. The zero-order valence-corrected chi connectivity index (χ0v) is 14.9. The molecule has 136 valence electrons. The van der Waals surface area contributed by atoms with Crippen molar-refractivity contribution in [2.24, 2.45) is 0 Å². The summed E-state index contributed by atoms with van der Waals surface area (Å²) in [4.78, 5) is 5.20. The van der Waals surface area contributed by atoms with Crippen LogP contribution in [0.2, 0.25) is 0 Å². The van der Waals surface area contributed by atoms with Gasteiger partial charge in [-0.2, -0.15) is 5.48 Å². The van der Waals surface area contributed by atoms with Crippen LogP contribution in [0.4, 0.5) is 0 Å². The van der Waals surface area contributed by atoms with E-state index in [1.165, 1.54) is 0 Å². The summed E-state index contributed by atoms with van der Waals surface area (Å²) in [5, 5.41) is 29.8. The fourth-order valence-electron chi connectivity index (χ4n) is 2.06. The average Bonchev–Trinajstić information content (AvgIpc) is 2.58. The van der Waals surface area contributed by atoms with E-state index in [4.69, 9.17) is 9.36 Å². The van der Waals surface area contributed by atoms with Crippen LogP contribution < -0.4 is 5.48 Å². The van der Waals surface area contributed by atoms with Gasteiger partial charge in [0.1, 0.15) is 6.10 Å². The first-order valence-corrected chi connectivity index (χ1v) is 9.22. The topological polar surface area (TPSA) is 108 Å². The van der Waals surface area contributed by atoms with Crippen molar-refractivity contribution >= 4 is 8.03 Å². The highest BCUT2D eigenvalue weighted by atomic mass is 31.1. The van der Waals surface area contributed by atoms with Crippen molar-refractivity contribution in [1.29, 1.82) is 0 Å². The second-order valence-electron chi connectivity index (χ2n) is 5.54. The summed E-state index contributed by atoms with van der Waals surface area (Å²) in [6, 6.07) is 9.48. The molecule has 0 fully saturated rings. The fourth-order valence-corrected chi connectivity index (χ4v) is 2.96. The number of hydroxylamine groups is 1. The summed E-state index contributed by atoms with van der Waals surface area (Å²) in [7, 11) is -1.90. The predicted octanol–water partition coefficient (Wildman–Crippen LogP) is 1.35. The summed E-state index contributed by atoms with van der Waals surface area (Å²) < 4.78 is 16.6. The minimum absolute atomic E-state index is 0.0446. The maximum Gasteiger partial charge on any atom is 0.511 e.